The first-order valence-electron chi connectivity index (χ1n) is 9.52. The Kier molecular flexibility index (Phi) is 6.06. The van der Waals surface area contributed by atoms with Crippen molar-refractivity contribution >= 4 is 35.3 Å². The van der Waals surface area contributed by atoms with Crippen molar-refractivity contribution < 1.29 is 9.59 Å². The number of aryl methyl sites for hydroxylation is 1. The number of thioether (sulfide) groups is 1. The summed E-state index contributed by atoms with van der Waals surface area (Å²) in [6.07, 6.45) is 0.667. The van der Waals surface area contributed by atoms with Gasteiger partial charge >= 0.3 is 6.03 Å². The molecule has 0 aliphatic carbocycles. The van der Waals surface area contributed by atoms with E-state index in [0.29, 0.717) is 23.7 Å². The Morgan fingerprint density at radius 2 is 1.93 bits per heavy atom. The zero-order chi connectivity index (χ0) is 21.1. The summed E-state index contributed by atoms with van der Waals surface area (Å²) in [4.78, 5) is 24.6. The molecule has 0 spiro atoms. The molecule has 7 nitrogen and oxygen atoms in total. The lowest BCUT2D eigenvalue weighted by molar-refractivity contribution is -0.124. The van der Waals surface area contributed by atoms with Crippen molar-refractivity contribution in [3.8, 4) is 17.1 Å². The maximum Gasteiger partial charge on any atom is 0.324 e. The highest BCUT2D eigenvalue weighted by molar-refractivity contribution is 7.99. The van der Waals surface area contributed by atoms with Gasteiger partial charge in [0.05, 0.1) is 6.54 Å². The highest BCUT2D eigenvalue weighted by Gasteiger charge is 2.27. The summed E-state index contributed by atoms with van der Waals surface area (Å²) in [5.74, 6) is 1.24. The first kappa shape index (κ1) is 20.4. The van der Waals surface area contributed by atoms with E-state index in [9.17, 15) is 9.59 Å². The third-order valence-corrected chi connectivity index (χ3v) is 5.96. The maximum absolute atomic E-state index is 11.7. The molecule has 1 N–H and O–H groups in total. The zero-order valence-electron chi connectivity index (χ0n) is 16.3. The SMILES string of the molecule is Cc1cccc(-n2c(SCCCN3C(=O)CNC3=O)nnc2-c2ccc(Cl)cc2)c1. The van der Waals surface area contributed by atoms with E-state index in [1.54, 1.807) is 11.8 Å². The molecule has 30 heavy (non-hydrogen) atoms. The molecule has 3 amide bonds. The summed E-state index contributed by atoms with van der Waals surface area (Å²) < 4.78 is 2.02. The Morgan fingerprint density at radius 3 is 2.63 bits per heavy atom. The number of carbonyl (C=O) groups is 2. The van der Waals surface area contributed by atoms with Crippen LogP contribution < -0.4 is 5.32 Å². The number of imide groups is 1. The van der Waals surface area contributed by atoms with Gasteiger partial charge in [-0.05, 0) is 55.3 Å². The fourth-order valence-corrected chi connectivity index (χ4v) is 4.22. The number of halogens is 1. The second-order valence-electron chi connectivity index (χ2n) is 6.89. The van der Waals surface area contributed by atoms with Gasteiger partial charge < -0.3 is 5.32 Å². The average molecular weight is 442 g/mol. The van der Waals surface area contributed by atoms with Crippen LogP contribution in [0.5, 0.6) is 0 Å². The van der Waals surface area contributed by atoms with Gasteiger partial charge in [-0.1, -0.05) is 35.5 Å². The molecule has 1 aliphatic rings. The second-order valence-corrected chi connectivity index (χ2v) is 8.39. The molecular formula is C21H20ClN5O2S. The number of rotatable bonds is 7. The minimum atomic E-state index is -0.321. The molecule has 0 atom stereocenters. The summed E-state index contributed by atoms with van der Waals surface area (Å²) in [5, 5.41) is 12.8. The first-order valence-corrected chi connectivity index (χ1v) is 10.9. The monoisotopic (exact) mass is 441 g/mol. The number of urea groups is 1. The number of amides is 3. The number of carbonyl (C=O) groups excluding carboxylic acids is 2. The van der Waals surface area contributed by atoms with Crippen molar-refractivity contribution in [1.82, 2.24) is 25.0 Å². The predicted molar refractivity (Wildman–Crippen MR) is 117 cm³/mol. The molecule has 0 radical (unpaired) electrons. The maximum atomic E-state index is 11.7. The summed E-state index contributed by atoms with van der Waals surface area (Å²) in [7, 11) is 0. The van der Waals surface area contributed by atoms with Crippen molar-refractivity contribution in [1.29, 1.82) is 0 Å². The van der Waals surface area contributed by atoms with Crippen LogP contribution in [0.1, 0.15) is 12.0 Å². The molecule has 154 valence electrons. The quantitative estimate of drug-likeness (QED) is 0.341. The highest BCUT2D eigenvalue weighted by atomic mass is 35.5. The Bertz CT molecular complexity index is 1070. The van der Waals surface area contributed by atoms with Crippen LogP contribution in [0.25, 0.3) is 17.1 Å². The van der Waals surface area contributed by atoms with Crippen LogP contribution in [0.15, 0.2) is 53.7 Å². The molecule has 0 unspecified atom stereocenters. The molecule has 4 rings (SSSR count). The van der Waals surface area contributed by atoms with Crippen LogP contribution in [0.2, 0.25) is 5.02 Å². The van der Waals surface area contributed by atoms with Crippen LogP contribution >= 0.6 is 23.4 Å². The Morgan fingerprint density at radius 1 is 1.13 bits per heavy atom. The van der Waals surface area contributed by atoms with E-state index in [-0.39, 0.29) is 18.5 Å². The molecule has 1 aromatic heterocycles. The van der Waals surface area contributed by atoms with Crippen molar-refractivity contribution in [3.05, 3.63) is 59.1 Å². The van der Waals surface area contributed by atoms with Crippen LogP contribution in [-0.2, 0) is 4.79 Å². The Balaban J connectivity index is 1.56. The van der Waals surface area contributed by atoms with Gasteiger partial charge in [-0.3, -0.25) is 14.3 Å². The molecule has 2 aromatic carbocycles. The smallest absolute Gasteiger partial charge is 0.324 e. The van der Waals surface area contributed by atoms with E-state index < -0.39 is 0 Å². The van der Waals surface area contributed by atoms with Gasteiger partial charge in [-0.2, -0.15) is 0 Å². The number of hydrogen-bond acceptors (Lipinski definition) is 5. The lowest BCUT2D eigenvalue weighted by atomic mass is 10.2. The van der Waals surface area contributed by atoms with Gasteiger partial charge in [0, 0.05) is 28.6 Å². The van der Waals surface area contributed by atoms with Gasteiger partial charge in [0.25, 0.3) is 0 Å². The standard InChI is InChI=1S/C21H20ClN5O2S/c1-14-4-2-5-17(12-14)27-19(15-6-8-16(22)9-7-15)24-25-21(27)30-11-3-10-26-18(28)13-23-20(26)29/h2,4-9,12H,3,10-11,13H2,1H3,(H,23,29). The number of hydrogen-bond donors (Lipinski definition) is 1. The highest BCUT2D eigenvalue weighted by Crippen LogP contribution is 2.29. The fraction of sp³-hybridized carbons (Fsp3) is 0.238. The number of nitrogens with one attached hydrogen (secondary N) is 1. The molecule has 0 bridgehead atoms. The average Bonchev–Trinajstić information content (AvgIpc) is 3.29. The van der Waals surface area contributed by atoms with Crippen LogP contribution in [0.4, 0.5) is 4.79 Å². The Labute approximate surface area is 183 Å². The van der Waals surface area contributed by atoms with E-state index in [0.717, 1.165) is 27.8 Å². The second kappa shape index (κ2) is 8.89. The van der Waals surface area contributed by atoms with Crippen LogP contribution in [-0.4, -0.2) is 50.4 Å². The molecule has 1 aliphatic heterocycles. The third kappa shape index (κ3) is 4.34. The minimum absolute atomic E-state index is 0.0815. The molecule has 9 heteroatoms. The molecule has 0 saturated carbocycles. The van der Waals surface area contributed by atoms with E-state index in [2.05, 4.69) is 21.6 Å². The normalized spacial score (nSPS) is 13.7. The van der Waals surface area contributed by atoms with Crippen LogP contribution in [0, 0.1) is 6.92 Å². The number of nitrogens with zero attached hydrogens (tertiary/aromatic N) is 4. The lowest BCUT2D eigenvalue weighted by Crippen LogP contribution is -2.32. The summed E-state index contributed by atoms with van der Waals surface area (Å²) in [6.45, 7) is 2.51. The number of benzene rings is 2. The minimum Gasteiger partial charge on any atom is -0.329 e. The summed E-state index contributed by atoms with van der Waals surface area (Å²) in [5.41, 5.74) is 3.03. The fourth-order valence-electron chi connectivity index (χ4n) is 3.22. The van der Waals surface area contributed by atoms with E-state index in [1.165, 1.54) is 4.90 Å². The van der Waals surface area contributed by atoms with Crippen molar-refractivity contribution in [2.75, 3.05) is 18.8 Å². The molecule has 1 saturated heterocycles. The van der Waals surface area contributed by atoms with Gasteiger partial charge in [0.2, 0.25) is 5.91 Å². The number of aromatic nitrogens is 3. The third-order valence-electron chi connectivity index (χ3n) is 4.69. The molecular weight excluding hydrogens is 422 g/mol. The lowest BCUT2D eigenvalue weighted by Gasteiger charge is -2.13. The van der Waals surface area contributed by atoms with Crippen molar-refractivity contribution in [2.45, 2.75) is 18.5 Å². The van der Waals surface area contributed by atoms with Gasteiger partial charge in [-0.25, -0.2) is 4.79 Å². The summed E-state index contributed by atoms with van der Waals surface area (Å²) in [6, 6.07) is 15.3. The Hall–Kier alpha value is -2.84. The van der Waals surface area contributed by atoms with E-state index in [4.69, 9.17) is 11.6 Å². The van der Waals surface area contributed by atoms with Crippen LogP contribution in [0.3, 0.4) is 0 Å². The van der Waals surface area contributed by atoms with E-state index in [1.807, 2.05) is 54.0 Å². The molecule has 1 fully saturated rings. The van der Waals surface area contributed by atoms with E-state index >= 15 is 0 Å². The van der Waals surface area contributed by atoms with Crippen molar-refractivity contribution in [3.63, 3.8) is 0 Å². The van der Waals surface area contributed by atoms with Gasteiger partial charge in [0.15, 0.2) is 11.0 Å². The topological polar surface area (TPSA) is 80.1 Å². The largest absolute Gasteiger partial charge is 0.329 e. The molecule has 2 heterocycles. The van der Waals surface area contributed by atoms with Gasteiger partial charge in [0.1, 0.15) is 0 Å². The van der Waals surface area contributed by atoms with Crippen molar-refractivity contribution in [2.24, 2.45) is 0 Å². The van der Waals surface area contributed by atoms with Gasteiger partial charge in [-0.15, -0.1) is 10.2 Å². The summed E-state index contributed by atoms with van der Waals surface area (Å²) >= 11 is 7.58. The predicted octanol–water partition coefficient (Wildman–Crippen LogP) is 3.93. The molecule has 3 aromatic rings. The first-order chi connectivity index (χ1) is 14.5. The zero-order valence-corrected chi connectivity index (χ0v) is 17.9.